The number of amides is 1. The van der Waals surface area contributed by atoms with E-state index in [-0.39, 0.29) is 5.41 Å². The standard InChI is InChI=1S/C27H34ClN3O3/c1-18(2)14-27(6,16-31-25(32)34-26(3,4)5)17-33-24-22(28)13-19(15-30-24)20-11-12-29-23-10-8-7-9-21(20)23/h7-13,15,18H,14,16-17H2,1-6H3,(H,31,32). The van der Waals surface area contributed by atoms with Gasteiger partial charge in [-0.1, -0.05) is 50.6 Å². The van der Waals surface area contributed by atoms with Crippen LogP contribution in [0.1, 0.15) is 48.0 Å². The highest BCUT2D eigenvalue weighted by molar-refractivity contribution is 6.32. The van der Waals surface area contributed by atoms with E-state index in [4.69, 9.17) is 21.1 Å². The van der Waals surface area contributed by atoms with Crippen LogP contribution in [0.3, 0.4) is 0 Å². The second kappa shape index (κ2) is 10.6. The van der Waals surface area contributed by atoms with Crippen LogP contribution in [0, 0.1) is 11.3 Å². The van der Waals surface area contributed by atoms with Gasteiger partial charge in [0.25, 0.3) is 0 Å². The van der Waals surface area contributed by atoms with Gasteiger partial charge in [-0.05, 0) is 56.9 Å². The molecule has 0 aliphatic rings. The number of hydrogen-bond donors (Lipinski definition) is 1. The van der Waals surface area contributed by atoms with Crippen molar-refractivity contribution < 1.29 is 14.3 Å². The molecule has 0 bridgehead atoms. The van der Waals surface area contributed by atoms with Gasteiger partial charge in [0.2, 0.25) is 5.88 Å². The number of nitrogens with zero attached hydrogens (tertiary/aromatic N) is 2. The smallest absolute Gasteiger partial charge is 0.407 e. The maximum Gasteiger partial charge on any atom is 0.407 e. The summed E-state index contributed by atoms with van der Waals surface area (Å²) in [7, 11) is 0. The van der Waals surface area contributed by atoms with Gasteiger partial charge >= 0.3 is 6.09 Å². The molecule has 0 radical (unpaired) electrons. The molecule has 1 atom stereocenters. The van der Waals surface area contributed by atoms with Crippen LogP contribution in [0.2, 0.25) is 5.02 Å². The van der Waals surface area contributed by atoms with Crippen LogP contribution in [0.5, 0.6) is 5.88 Å². The third-order valence-corrected chi connectivity index (χ3v) is 5.56. The number of carbonyl (C=O) groups is 1. The average Bonchev–Trinajstić information content (AvgIpc) is 2.75. The molecule has 182 valence electrons. The fraction of sp³-hybridized carbons (Fsp3) is 0.444. The summed E-state index contributed by atoms with van der Waals surface area (Å²) >= 11 is 6.57. The van der Waals surface area contributed by atoms with E-state index < -0.39 is 11.7 Å². The number of benzene rings is 1. The van der Waals surface area contributed by atoms with Gasteiger partial charge in [0.1, 0.15) is 10.6 Å². The lowest BCUT2D eigenvalue weighted by molar-refractivity contribution is 0.0470. The van der Waals surface area contributed by atoms with Crippen molar-refractivity contribution >= 4 is 28.6 Å². The topological polar surface area (TPSA) is 73.3 Å². The Morgan fingerprint density at radius 1 is 1.12 bits per heavy atom. The summed E-state index contributed by atoms with van der Waals surface area (Å²) in [6, 6.07) is 11.8. The molecule has 0 aliphatic carbocycles. The van der Waals surface area contributed by atoms with Crippen molar-refractivity contribution in [3.8, 4) is 17.0 Å². The minimum absolute atomic E-state index is 0.323. The summed E-state index contributed by atoms with van der Waals surface area (Å²) in [5.74, 6) is 0.788. The molecule has 1 N–H and O–H groups in total. The van der Waals surface area contributed by atoms with Crippen LogP contribution in [0.25, 0.3) is 22.0 Å². The van der Waals surface area contributed by atoms with E-state index in [2.05, 4.69) is 36.1 Å². The summed E-state index contributed by atoms with van der Waals surface area (Å²) in [5.41, 5.74) is 1.95. The molecule has 3 aromatic rings. The van der Waals surface area contributed by atoms with E-state index in [1.165, 1.54) is 0 Å². The fourth-order valence-corrected chi connectivity index (χ4v) is 4.26. The first-order valence-corrected chi connectivity index (χ1v) is 11.9. The van der Waals surface area contributed by atoms with E-state index in [1.54, 1.807) is 12.4 Å². The average molecular weight is 484 g/mol. The Labute approximate surface area is 207 Å². The molecule has 0 fully saturated rings. The number of alkyl carbamates (subject to hydrolysis) is 1. The van der Waals surface area contributed by atoms with Crippen LogP contribution < -0.4 is 10.1 Å². The quantitative estimate of drug-likeness (QED) is 0.377. The lowest BCUT2D eigenvalue weighted by Gasteiger charge is -2.32. The number of ether oxygens (including phenoxy) is 2. The number of para-hydroxylation sites is 1. The van der Waals surface area contributed by atoms with Gasteiger partial charge in [0.05, 0.1) is 12.1 Å². The number of pyridine rings is 2. The Bertz CT molecular complexity index is 1140. The number of carbonyl (C=O) groups excluding carboxylic acids is 1. The van der Waals surface area contributed by atoms with Crippen LogP contribution in [0.15, 0.2) is 48.8 Å². The predicted molar refractivity (Wildman–Crippen MR) is 137 cm³/mol. The first kappa shape index (κ1) is 25.8. The van der Waals surface area contributed by atoms with Crippen LogP contribution in [-0.2, 0) is 4.74 Å². The summed E-state index contributed by atoms with van der Waals surface area (Å²) in [6.07, 6.45) is 3.96. The van der Waals surface area contributed by atoms with Gasteiger partial charge in [-0.15, -0.1) is 0 Å². The molecule has 2 heterocycles. The van der Waals surface area contributed by atoms with Crippen molar-refractivity contribution in [1.29, 1.82) is 0 Å². The Balaban J connectivity index is 1.73. The number of aromatic nitrogens is 2. The van der Waals surface area contributed by atoms with Crippen molar-refractivity contribution in [2.75, 3.05) is 13.2 Å². The zero-order valence-electron chi connectivity index (χ0n) is 20.8. The van der Waals surface area contributed by atoms with Gasteiger partial charge in [-0.25, -0.2) is 9.78 Å². The lowest BCUT2D eigenvalue weighted by Crippen LogP contribution is -2.42. The number of rotatable bonds is 8. The van der Waals surface area contributed by atoms with Crippen molar-refractivity contribution in [3.05, 3.63) is 53.8 Å². The molecule has 0 saturated carbocycles. The van der Waals surface area contributed by atoms with Gasteiger partial charge in [-0.3, -0.25) is 4.98 Å². The number of fused-ring (bicyclic) bond motifs is 1. The van der Waals surface area contributed by atoms with Crippen LogP contribution >= 0.6 is 11.6 Å². The lowest BCUT2D eigenvalue weighted by atomic mass is 9.82. The van der Waals surface area contributed by atoms with Crippen LogP contribution in [0.4, 0.5) is 4.79 Å². The molecule has 0 spiro atoms. The van der Waals surface area contributed by atoms with Gasteiger partial charge in [0, 0.05) is 35.3 Å². The fourth-order valence-electron chi connectivity index (χ4n) is 4.04. The van der Waals surface area contributed by atoms with E-state index in [0.717, 1.165) is 28.5 Å². The number of hydrogen-bond acceptors (Lipinski definition) is 5. The van der Waals surface area contributed by atoms with Crippen LogP contribution in [-0.4, -0.2) is 34.8 Å². The molecule has 1 amide bonds. The number of halogens is 1. The molecular formula is C27H34ClN3O3. The summed E-state index contributed by atoms with van der Waals surface area (Å²) in [5, 5.41) is 4.36. The Morgan fingerprint density at radius 2 is 1.85 bits per heavy atom. The van der Waals surface area contributed by atoms with E-state index >= 15 is 0 Å². The molecule has 1 unspecified atom stereocenters. The van der Waals surface area contributed by atoms with Crippen molar-refractivity contribution in [2.24, 2.45) is 11.3 Å². The first-order valence-electron chi connectivity index (χ1n) is 11.6. The monoisotopic (exact) mass is 483 g/mol. The molecule has 7 heteroatoms. The van der Waals surface area contributed by atoms with E-state index in [9.17, 15) is 4.79 Å². The molecular weight excluding hydrogens is 450 g/mol. The Morgan fingerprint density at radius 3 is 2.53 bits per heavy atom. The zero-order chi connectivity index (χ0) is 24.9. The van der Waals surface area contributed by atoms with Crippen molar-refractivity contribution in [2.45, 2.75) is 53.6 Å². The molecule has 34 heavy (non-hydrogen) atoms. The number of nitrogens with one attached hydrogen (secondary N) is 1. The Kier molecular flexibility index (Phi) is 8.03. The third-order valence-electron chi connectivity index (χ3n) is 5.28. The van der Waals surface area contributed by atoms with Gasteiger partial charge < -0.3 is 14.8 Å². The minimum Gasteiger partial charge on any atom is -0.476 e. The Hall–Kier alpha value is -2.86. The molecule has 2 aromatic heterocycles. The highest BCUT2D eigenvalue weighted by Crippen LogP contribution is 2.33. The normalized spacial score (nSPS) is 13.5. The first-order chi connectivity index (χ1) is 16.0. The maximum absolute atomic E-state index is 12.2. The van der Waals surface area contributed by atoms with E-state index in [1.807, 2.05) is 57.2 Å². The van der Waals surface area contributed by atoms with Gasteiger partial charge in [0.15, 0.2) is 0 Å². The molecule has 3 rings (SSSR count). The van der Waals surface area contributed by atoms with Gasteiger partial charge in [-0.2, -0.15) is 0 Å². The van der Waals surface area contributed by atoms with Crippen molar-refractivity contribution in [3.63, 3.8) is 0 Å². The minimum atomic E-state index is -0.547. The second-order valence-corrected chi connectivity index (χ2v) is 10.8. The molecule has 1 aromatic carbocycles. The summed E-state index contributed by atoms with van der Waals surface area (Å²) in [4.78, 5) is 21.1. The van der Waals surface area contributed by atoms with E-state index in [0.29, 0.717) is 30.0 Å². The maximum atomic E-state index is 12.2. The molecule has 0 aliphatic heterocycles. The summed E-state index contributed by atoms with van der Waals surface area (Å²) in [6.45, 7) is 12.7. The summed E-state index contributed by atoms with van der Waals surface area (Å²) < 4.78 is 11.4. The molecule has 0 saturated heterocycles. The SMILES string of the molecule is CC(C)CC(C)(CNC(=O)OC(C)(C)C)COc1ncc(-c2ccnc3ccccc23)cc1Cl. The predicted octanol–water partition coefficient (Wildman–Crippen LogP) is 6.91. The second-order valence-electron chi connectivity index (χ2n) is 10.4. The zero-order valence-corrected chi connectivity index (χ0v) is 21.6. The largest absolute Gasteiger partial charge is 0.476 e. The highest BCUT2D eigenvalue weighted by atomic mass is 35.5. The third kappa shape index (κ3) is 7.07. The van der Waals surface area contributed by atoms with Crippen molar-refractivity contribution in [1.82, 2.24) is 15.3 Å². The highest BCUT2D eigenvalue weighted by Gasteiger charge is 2.29. The molecule has 6 nitrogen and oxygen atoms in total.